The summed E-state index contributed by atoms with van der Waals surface area (Å²) < 4.78 is 17.3. The zero-order valence-electron chi connectivity index (χ0n) is 20.4. The Morgan fingerprint density at radius 2 is 1.95 bits per heavy atom. The fourth-order valence-electron chi connectivity index (χ4n) is 4.47. The van der Waals surface area contributed by atoms with Crippen LogP contribution in [0.5, 0.6) is 17.2 Å². The quantitative estimate of drug-likeness (QED) is 0.492. The molecule has 0 radical (unpaired) electrons. The summed E-state index contributed by atoms with van der Waals surface area (Å²) in [7, 11) is 1.49. The summed E-state index contributed by atoms with van der Waals surface area (Å²) in [6, 6.07) is 13.5. The van der Waals surface area contributed by atoms with Crippen LogP contribution in [0.3, 0.4) is 0 Å². The fourth-order valence-corrected chi connectivity index (χ4v) is 4.47. The molecule has 6 rings (SSSR count). The number of aromatic amines is 1. The number of carbonyl (C=O) groups excluding carboxylic acids is 3. The van der Waals surface area contributed by atoms with E-state index in [1.165, 1.54) is 13.2 Å². The zero-order valence-corrected chi connectivity index (χ0v) is 20.4. The number of nitrogens with one attached hydrogen (secondary N) is 3. The predicted octanol–water partition coefficient (Wildman–Crippen LogP) is 2.12. The van der Waals surface area contributed by atoms with Crippen molar-refractivity contribution in [3.05, 3.63) is 77.6 Å². The molecule has 37 heavy (non-hydrogen) atoms. The average Bonchev–Trinajstić information content (AvgIpc) is 3.46. The van der Waals surface area contributed by atoms with Crippen LogP contribution in [-0.4, -0.2) is 66.6 Å². The lowest BCUT2D eigenvalue weighted by molar-refractivity contribution is -0.123. The van der Waals surface area contributed by atoms with E-state index in [2.05, 4.69) is 15.6 Å². The van der Waals surface area contributed by atoms with E-state index in [4.69, 9.17) is 14.2 Å². The lowest BCUT2D eigenvalue weighted by atomic mass is 10.00. The highest BCUT2D eigenvalue weighted by molar-refractivity contribution is 5.96. The summed E-state index contributed by atoms with van der Waals surface area (Å²) in [5, 5.41) is 5.86. The number of rotatable bonds is 2. The van der Waals surface area contributed by atoms with E-state index < -0.39 is 6.04 Å². The molecular weight excluding hydrogens is 476 g/mol. The lowest BCUT2D eigenvalue weighted by Gasteiger charge is -2.38. The maximum Gasteiger partial charge on any atom is 0.258 e. The summed E-state index contributed by atoms with van der Waals surface area (Å²) in [4.78, 5) is 43.3. The minimum absolute atomic E-state index is 0.112. The topological polar surface area (TPSA) is 122 Å². The minimum atomic E-state index is -0.464. The maximum atomic E-state index is 13.3. The fraction of sp³-hybridized carbons (Fsp3) is 0.296. The van der Waals surface area contributed by atoms with Crippen molar-refractivity contribution in [3.8, 4) is 17.2 Å². The summed E-state index contributed by atoms with van der Waals surface area (Å²) in [5.41, 5.74) is 1.80. The van der Waals surface area contributed by atoms with Gasteiger partial charge in [0.15, 0.2) is 18.1 Å². The largest absolute Gasteiger partial charge is 0.493 e. The number of benzene rings is 2. The standard InChI is InChI=1S/C27H28N4O6/c1-35-23-7-4-18-12-24(23)36-16-25(32)29-13-17-2-5-20(6-3-17)37-22-9-11-31(15-21(22)30-26(18)33)27(34)19-8-10-28-14-19/h2-8,10,12,14,21-22,28H,9,11,13,15-16H2,1H3,(H,29,32)(H,30,33)/t21-,22+/m0/s1. The molecule has 0 aliphatic carbocycles. The Kier molecular flexibility index (Phi) is 6.98. The van der Waals surface area contributed by atoms with Gasteiger partial charge in [0.25, 0.3) is 17.7 Å². The number of H-pyrrole nitrogens is 1. The van der Waals surface area contributed by atoms with Crippen LogP contribution in [0.15, 0.2) is 60.9 Å². The molecule has 1 saturated heterocycles. The molecule has 2 aromatic carbocycles. The second-order valence-electron chi connectivity index (χ2n) is 8.95. The molecule has 1 aromatic heterocycles. The summed E-state index contributed by atoms with van der Waals surface area (Å²) >= 11 is 0. The average molecular weight is 505 g/mol. The number of hydrogen-bond donors (Lipinski definition) is 3. The third kappa shape index (κ3) is 5.53. The van der Waals surface area contributed by atoms with Gasteiger partial charge >= 0.3 is 0 Å². The van der Waals surface area contributed by atoms with Crippen LogP contribution in [0.4, 0.5) is 0 Å². The molecule has 3 aliphatic heterocycles. The molecule has 10 nitrogen and oxygen atoms in total. The number of piperidine rings is 1. The first kappa shape index (κ1) is 24.2. The molecule has 0 saturated carbocycles. The molecule has 4 heterocycles. The van der Waals surface area contributed by atoms with E-state index in [0.717, 1.165) is 5.56 Å². The molecule has 4 bridgehead atoms. The van der Waals surface area contributed by atoms with Crippen molar-refractivity contribution >= 4 is 17.7 Å². The smallest absolute Gasteiger partial charge is 0.258 e. The second kappa shape index (κ2) is 10.7. The first-order valence-electron chi connectivity index (χ1n) is 12.1. The van der Waals surface area contributed by atoms with Crippen molar-refractivity contribution in [2.45, 2.75) is 25.1 Å². The number of fused-ring (bicyclic) bond motifs is 7. The third-order valence-electron chi connectivity index (χ3n) is 6.48. The Balaban J connectivity index is 1.44. The maximum absolute atomic E-state index is 13.3. The molecule has 3 N–H and O–H groups in total. The van der Waals surface area contributed by atoms with Gasteiger partial charge in [-0.1, -0.05) is 12.1 Å². The number of likely N-dealkylation sites (tertiary alicyclic amines) is 1. The van der Waals surface area contributed by atoms with Gasteiger partial charge in [0.2, 0.25) is 0 Å². The van der Waals surface area contributed by atoms with Crippen LogP contribution in [-0.2, 0) is 11.3 Å². The van der Waals surface area contributed by atoms with Crippen molar-refractivity contribution in [1.82, 2.24) is 20.5 Å². The number of amides is 3. The van der Waals surface area contributed by atoms with E-state index in [1.807, 2.05) is 24.3 Å². The zero-order chi connectivity index (χ0) is 25.8. The summed E-state index contributed by atoms with van der Waals surface area (Å²) in [6.07, 6.45) is 3.55. The Labute approximate surface area is 213 Å². The van der Waals surface area contributed by atoms with Gasteiger partial charge in [-0.3, -0.25) is 14.4 Å². The van der Waals surface area contributed by atoms with E-state index >= 15 is 0 Å². The van der Waals surface area contributed by atoms with Gasteiger partial charge in [-0.05, 0) is 42.0 Å². The van der Waals surface area contributed by atoms with Crippen LogP contribution in [0, 0.1) is 0 Å². The van der Waals surface area contributed by atoms with Crippen molar-refractivity contribution in [1.29, 1.82) is 0 Å². The number of carbonyl (C=O) groups is 3. The van der Waals surface area contributed by atoms with Crippen LogP contribution in [0.25, 0.3) is 0 Å². The van der Waals surface area contributed by atoms with Gasteiger partial charge in [-0.15, -0.1) is 0 Å². The monoisotopic (exact) mass is 504 g/mol. The van der Waals surface area contributed by atoms with Gasteiger partial charge in [-0.25, -0.2) is 0 Å². The number of ether oxygens (including phenoxy) is 3. The predicted molar refractivity (Wildman–Crippen MR) is 134 cm³/mol. The second-order valence-corrected chi connectivity index (χ2v) is 8.95. The molecule has 0 spiro atoms. The number of hydrogen-bond acceptors (Lipinski definition) is 6. The van der Waals surface area contributed by atoms with E-state index in [-0.39, 0.29) is 42.7 Å². The molecule has 0 unspecified atom stereocenters. The highest BCUT2D eigenvalue weighted by atomic mass is 16.5. The molecule has 1 fully saturated rings. The first-order chi connectivity index (χ1) is 18.0. The Morgan fingerprint density at radius 3 is 2.70 bits per heavy atom. The van der Waals surface area contributed by atoms with Crippen LogP contribution in [0.2, 0.25) is 0 Å². The molecule has 3 aliphatic rings. The number of methoxy groups -OCH3 is 1. The van der Waals surface area contributed by atoms with Crippen molar-refractivity contribution in [2.75, 3.05) is 26.8 Å². The van der Waals surface area contributed by atoms with Gasteiger partial charge in [0.1, 0.15) is 11.9 Å². The van der Waals surface area contributed by atoms with Gasteiger partial charge < -0.3 is 34.7 Å². The molecular formula is C27H28N4O6. The Morgan fingerprint density at radius 1 is 1.11 bits per heavy atom. The molecule has 192 valence electrons. The van der Waals surface area contributed by atoms with E-state index in [9.17, 15) is 14.4 Å². The molecule has 10 heteroatoms. The number of aromatic nitrogens is 1. The van der Waals surface area contributed by atoms with E-state index in [0.29, 0.717) is 42.1 Å². The Hall–Kier alpha value is -4.47. The first-order valence-corrected chi connectivity index (χ1v) is 12.1. The van der Waals surface area contributed by atoms with Crippen molar-refractivity contribution in [3.63, 3.8) is 0 Å². The molecule has 3 aromatic rings. The van der Waals surface area contributed by atoms with E-state index in [1.54, 1.807) is 35.5 Å². The minimum Gasteiger partial charge on any atom is -0.493 e. The third-order valence-corrected chi connectivity index (χ3v) is 6.48. The van der Waals surface area contributed by atoms with Gasteiger partial charge in [0, 0.05) is 44.0 Å². The van der Waals surface area contributed by atoms with Crippen molar-refractivity contribution < 1.29 is 28.6 Å². The van der Waals surface area contributed by atoms with Gasteiger partial charge in [0.05, 0.1) is 18.7 Å². The van der Waals surface area contributed by atoms with Gasteiger partial charge in [-0.2, -0.15) is 0 Å². The summed E-state index contributed by atoms with van der Waals surface area (Å²) in [5.74, 6) is 0.549. The molecule has 3 amide bonds. The highest BCUT2D eigenvalue weighted by Gasteiger charge is 2.35. The molecule has 2 atom stereocenters. The van der Waals surface area contributed by atoms with Crippen molar-refractivity contribution in [2.24, 2.45) is 0 Å². The Bertz CT molecular complexity index is 1270. The normalized spacial score (nSPS) is 20.0. The van der Waals surface area contributed by atoms with Crippen LogP contribution < -0.4 is 24.8 Å². The van der Waals surface area contributed by atoms with Crippen LogP contribution >= 0.6 is 0 Å². The lowest BCUT2D eigenvalue weighted by Crippen LogP contribution is -2.58. The SMILES string of the molecule is COc1ccc2cc1OCC(=O)NCc1ccc(cc1)O[C@@H]1CCN(C(=O)c3cc[nH]c3)C[C@@H]1NC2=O. The highest BCUT2D eigenvalue weighted by Crippen LogP contribution is 2.29. The number of nitrogens with zero attached hydrogens (tertiary/aromatic N) is 1. The van der Waals surface area contributed by atoms with Crippen LogP contribution in [0.1, 0.15) is 32.7 Å². The summed E-state index contributed by atoms with van der Waals surface area (Å²) in [6.45, 7) is 0.883.